The number of ether oxygens (including phenoxy) is 6. The lowest BCUT2D eigenvalue weighted by Gasteiger charge is -2.26. The molecule has 0 aliphatic carbocycles. The Bertz CT molecular complexity index is 1930. The molecule has 0 fully saturated rings. The predicted molar refractivity (Wildman–Crippen MR) is 289 cm³/mol. The van der Waals surface area contributed by atoms with E-state index in [0.29, 0.717) is 112 Å². The summed E-state index contributed by atoms with van der Waals surface area (Å²) in [6, 6.07) is 19.1. The van der Waals surface area contributed by atoms with Crippen LogP contribution in [0.3, 0.4) is 0 Å². The molecule has 0 spiro atoms. The summed E-state index contributed by atoms with van der Waals surface area (Å²) in [6.07, 6.45) is 6.54. The quantitative estimate of drug-likeness (QED) is 0.0158. The van der Waals surface area contributed by atoms with E-state index in [9.17, 15) is 44.1 Å². The molecule has 76 heavy (non-hydrogen) atoms. The number of hydrogen-bond donors (Lipinski definition) is 3. The molecule has 3 aromatic carbocycles. The van der Waals surface area contributed by atoms with Gasteiger partial charge in [-0.15, -0.1) is 0 Å². The second-order valence-corrected chi connectivity index (χ2v) is 21.9. The summed E-state index contributed by atoms with van der Waals surface area (Å²) in [5.74, 6) is -0.729. The zero-order chi connectivity index (χ0) is 54.6. The maximum absolute atomic E-state index is 12.3. The first-order valence-corrected chi connectivity index (χ1v) is 27.6. The minimum Gasteiger partial charge on any atom is -0.490 e. The summed E-state index contributed by atoms with van der Waals surface area (Å²) in [5.41, 5.74) is -3.35. The van der Waals surface area contributed by atoms with Crippen LogP contribution >= 0.6 is 0 Å². The predicted octanol–water partition coefficient (Wildman–Crippen LogP) is 9.29. The first-order chi connectivity index (χ1) is 35.0. The van der Waals surface area contributed by atoms with Gasteiger partial charge < -0.3 is 57.0 Å². The highest BCUT2D eigenvalue weighted by Crippen LogP contribution is 2.21. The molecule has 18 nitrogen and oxygen atoms in total. The Morgan fingerprint density at radius 2 is 0.605 bits per heavy atom. The Labute approximate surface area is 451 Å². The zero-order valence-electron chi connectivity index (χ0n) is 44.2. The van der Waals surface area contributed by atoms with Gasteiger partial charge in [0.1, 0.15) is 73.7 Å². The number of ketones is 3. The number of Topliss-reactive ketones (excluding diaryl/α,β-unsaturated/α-hetero) is 3. The Morgan fingerprint density at radius 3 is 0.829 bits per heavy atom. The monoisotopic (exact) mass is 1090 g/mol. The fourth-order valence-corrected chi connectivity index (χ4v) is 8.67. The van der Waals surface area contributed by atoms with Crippen LogP contribution in [0.25, 0.3) is 0 Å². The number of aliphatic hydroxyl groups is 3. The molecule has 426 valence electrons. The molecule has 0 saturated heterocycles. The van der Waals surface area contributed by atoms with Crippen LogP contribution in [0.2, 0.25) is 6.55 Å². The van der Waals surface area contributed by atoms with E-state index in [-0.39, 0.29) is 91.7 Å². The molecule has 3 rings (SSSR count). The number of esters is 3. The van der Waals surface area contributed by atoms with Gasteiger partial charge in [-0.1, -0.05) is 34.1 Å². The van der Waals surface area contributed by atoms with Crippen LogP contribution in [0.1, 0.15) is 165 Å². The molecule has 3 N–H and O–H groups in total. The summed E-state index contributed by atoms with van der Waals surface area (Å²) in [4.78, 5) is 73.7. The zero-order valence-corrected chi connectivity index (χ0v) is 45.2. The molecule has 0 radical (unpaired) electrons. The third-order valence-electron chi connectivity index (χ3n) is 11.0. The number of unbranched alkanes of at least 4 members (excludes halogenated alkanes) is 6. The third-order valence-corrected chi connectivity index (χ3v) is 13.2. The van der Waals surface area contributed by atoms with Crippen molar-refractivity contribution >= 4 is 44.1 Å². The van der Waals surface area contributed by atoms with Gasteiger partial charge in [-0.25, -0.2) is 0 Å². The van der Waals surface area contributed by atoms with Crippen molar-refractivity contribution in [2.45, 2.75) is 157 Å². The van der Waals surface area contributed by atoms with E-state index in [0.717, 1.165) is 0 Å². The fraction of sp³-hybridized carbons (Fsp3) is 0.579. The topological polar surface area (TPSA) is 246 Å². The average molecular weight is 1090 g/mol. The summed E-state index contributed by atoms with van der Waals surface area (Å²) >= 11 is 0. The number of benzene rings is 3. The summed E-state index contributed by atoms with van der Waals surface area (Å²) < 4.78 is 51.4. The van der Waals surface area contributed by atoms with Crippen molar-refractivity contribution in [2.24, 2.45) is 0 Å². The van der Waals surface area contributed by atoms with Gasteiger partial charge in [0, 0.05) is 62.3 Å². The molecular formula is C57H86O18Si. The van der Waals surface area contributed by atoms with Crippen molar-refractivity contribution in [1.82, 2.24) is 0 Å². The minimum atomic E-state index is -3.10. The van der Waals surface area contributed by atoms with Crippen LogP contribution in [0.4, 0.5) is 0 Å². The maximum atomic E-state index is 12.3. The average Bonchev–Trinajstić information content (AvgIpc) is 3.35. The van der Waals surface area contributed by atoms with Crippen LogP contribution in [-0.4, -0.2) is 136 Å². The van der Waals surface area contributed by atoms with Gasteiger partial charge in [0.05, 0.1) is 0 Å². The lowest BCUT2D eigenvalue weighted by Crippen LogP contribution is -2.43. The smallest absolute Gasteiger partial charge is 0.490 e. The molecule has 0 unspecified atom stereocenters. The van der Waals surface area contributed by atoms with E-state index >= 15 is 0 Å². The van der Waals surface area contributed by atoms with Crippen LogP contribution in [0.5, 0.6) is 17.2 Å². The Kier molecular flexibility index (Phi) is 31.5. The molecule has 0 aromatic heterocycles. The summed E-state index contributed by atoms with van der Waals surface area (Å²) in [7, 11) is -3.10. The molecule has 0 saturated carbocycles. The number of carbonyl (C=O) groups excluding carboxylic acids is 6. The molecule has 0 amide bonds. The van der Waals surface area contributed by atoms with Gasteiger partial charge in [-0.2, -0.15) is 0 Å². The van der Waals surface area contributed by atoms with E-state index in [1.54, 1.807) is 72.8 Å². The lowest BCUT2D eigenvalue weighted by molar-refractivity contribution is -0.145. The summed E-state index contributed by atoms with van der Waals surface area (Å²) in [6.45, 7) is 12.1. The fourth-order valence-electron chi connectivity index (χ4n) is 6.87. The van der Waals surface area contributed by atoms with Crippen molar-refractivity contribution in [1.29, 1.82) is 0 Å². The van der Waals surface area contributed by atoms with Crippen LogP contribution in [-0.2, 0) is 41.9 Å². The molecule has 0 heterocycles. The highest BCUT2D eigenvalue weighted by molar-refractivity contribution is 6.59. The standard InChI is InChI=1S/C55H78O18Si.2CH4/c1-53(2,62)50(59)41-20-26-44(27-21-41)65-35-38-68-47(56)17-11-8-14-32-71-74(7,72-33-15-9-12-18-48(57)69-39-36-66-45-28-22-42(23-29-45)51(60)54(3,4)63)73-34-16-10-13-19-49(58)70-40-37-67-46-30-24-43(25-31-46)52(61)55(5,6)64;;/h20-31,62-64H,8-19,32-40H2,1-7H3;2*1H4. The van der Waals surface area contributed by atoms with E-state index in [1.165, 1.54) is 41.5 Å². The molecule has 0 bridgehead atoms. The van der Waals surface area contributed by atoms with Gasteiger partial charge in [-0.3, -0.25) is 28.8 Å². The maximum Gasteiger partial charge on any atom is 0.497 e. The Hall–Kier alpha value is -5.54. The highest BCUT2D eigenvalue weighted by Gasteiger charge is 2.35. The van der Waals surface area contributed by atoms with Crippen LogP contribution in [0, 0.1) is 0 Å². The van der Waals surface area contributed by atoms with Crippen LogP contribution in [0.15, 0.2) is 72.8 Å². The molecule has 0 atom stereocenters. The summed E-state index contributed by atoms with van der Waals surface area (Å²) in [5, 5.41) is 29.8. The van der Waals surface area contributed by atoms with Gasteiger partial charge in [0.2, 0.25) is 0 Å². The van der Waals surface area contributed by atoms with E-state index in [2.05, 4.69) is 0 Å². The molecule has 0 aliphatic rings. The van der Waals surface area contributed by atoms with Crippen molar-refractivity contribution in [3.8, 4) is 17.2 Å². The molecule has 3 aromatic rings. The molecule has 0 aliphatic heterocycles. The Morgan fingerprint density at radius 1 is 0.368 bits per heavy atom. The second kappa shape index (κ2) is 35.0. The number of carbonyl (C=O) groups is 6. The molecular weight excluding hydrogens is 1000 g/mol. The number of hydrogen-bond acceptors (Lipinski definition) is 18. The first kappa shape index (κ1) is 68.5. The van der Waals surface area contributed by atoms with Gasteiger partial charge in [-0.05, 0) is 153 Å². The van der Waals surface area contributed by atoms with Gasteiger partial charge >= 0.3 is 26.7 Å². The Balaban J connectivity index is 0.0000144. The van der Waals surface area contributed by atoms with E-state index in [4.69, 9.17) is 41.7 Å². The molecule has 19 heteroatoms. The van der Waals surface area contributed by atoms with Gasteiger partial charge in [0.15, 0.2) is 17.3 Å². The second-order valence-electron chi connectivity index (χ2n) is 19.3. The minimum absolute atomic E-state index is 0. The van der Waals surface area contributed by atoms with Crippen LogP contribution < -0.4 is 14.2 Å². The van der Waals surface area contributed by atoms with Crippen molar-refractivity contribution in [3.63, 3.8) is 0 Å². The third kappa shape index (κ3) is 28.0. The first-order valence-electron chi connectivity index (χ1n) is 25.4. The van der Waals surface area contributed by atoms with Crippen molar-refractivity contribution in [3.05, 3.63) is 89.5 Å². The van der Waals surface area contributed by atoms with E-state index < -0.39 is 43.0 Å². The van der Waals surface area contributed by atoms with Crippen molar-refractivity contribution < 1.29 is 85.8 Å². The highest BCUT2D eigenvalue weighted by atomic mass is 28.4. The SMILES string of the molecule is C.C.CC(C)(O)C(=O)c1ccc(OCCOC(=O)CCCCCO[Si](C)(OCCCCCC(=O)OCCOc2ccc(C(=O)C(C)(C)O)cc2)OCCCCCC(=O)OCCOc2ccc(C(=O)C(C)(C)O)cc2)cc1. The lowest BCUT2D eigenvalue weighted by atomic mass is 9.97. The largest absolute Gasteiger partial charge is 0.497 e. The number of rotatable bonds is 39. The normalized spacial score (nSPS) is 11.6. The van der Waals surface area contributed by atoms with Crippen molar-refractivity contribution in [2.75, 3.05) is 59.5 Å². The van der Waals surface area contributed by atoms with Gasteiger partial charge in [0.25, 0.3) is 0 Å². The van der Waals surface area contributed by atoms with E-state index in [1.807, 2.05) is 6.55 Å².